The van der Waals surface area contributed by atoms with E-state index in [1.807, 2.05) is 35.7 Å². The van der Waals surface area contributed by atoms with E-state index in [2.05, 4.69) is 10.3 Å². The minimum Gasteiger partial charge on any atom is -0.329 e. The second-order valence-electron chi connectivity index (χ2n) is 6.20. The lowest BCUT2D eigenvalue weighted by Gasteiger charge is -2.21. The monoisotopic (exact) mass is 413 g/mol. The topological polar surface area (TPSA) is 91.6 Å². The normalized spacial score (nSPS) is 14.0. The predicted molar refractivity (Wildman–Crippen MR) is 113 cm³/mol. The van der Waals surface area contributed by atoms with Gasteiger partial charge < -0.3 is 16.0 Å². The first kappa shape index (κ1) is 18.6. The number of rotatable bonds is 6. The maximum Gasteiger partial charge on any atom is 0.324 e. The Morgan fingerprint density at radius 3 is 2.82 bits per heavy atom. The number of benzene rings is 1. The van der Waals surface area contributed by atoms with Crippen LogP contribution in [0.3, 0.4) is 0 Å². The van der Waals surface area contributed by atoms with Gasteiger partial charge in [-0.2, -0.15) is 0 Å². The Morgan fingerprint density at radius 1 is 1.18 bits per heavy atom. The molecule has 28 heavy (non-hydrogen) atoms. The van der Waals surface area contributed by atoms with Crippen LogP contribution in [0.25, 0.3) is 9.88 Å². The quantitative estimate of drug-likeness (QED) is 0.648. The Bertz CT molecular complexity index is 986. The summed E-state index contributed by atoms with van der Waals surface area (Å²) in [6, 6.07) is 11.1. The summed E-state index contributed by atoms with van der Waals surface area (Å²) in [5.41, 5.74) is 7.20. The van der Waals surface area contributed by atoms with Crippen molar-refractivity contribution in [3.8, 4) is 9.88 Å². The lowest BCUT2D eigenvalue weighted by Crippen LogP contribution is -2.35. The molecule has 3 amide bonds. The Morgan fingerprint density at radius 2 is 2.04 bits per heavy atom. The van der Waals surface area contributed by atoms with Crippen LogP contribution in [-0.4, -0.2) is 48.0 Å². The van der Waals surface area contributed by atoms with Crippen molar-refractivity contribution in [3.63, 3.8) is 0 Å². The molecule has 0 saturated carbocycles. The number of hydrogen-bond donors (Lipinski definition) is 2. The van der Waals surface area contributed by atoms with E-state index in [1.165, 1.54) is 11.3 Å². The number of para-hydroxylation sites is 2. The van der Waals surface area contributed by atoms with E-state index in [0.29, 0.717) is 43.2 Å². The first-order valence-corrected chi connectivity index (χ1v) is 10.6. The summed E-state index contributed by atoms with van der Waals surface area (Å²) in [5, 5.41) is 7.45. The Kier molecular flexibility index (Phi) is 5.38. The molecule has 9 heteroatoms. The predicted octanol–water partition coefficient (Wildman–Crippen LogP) is 3.32. The molecule has 1 aromatic carbocycles. The number of nitrogens with two attached hydrogens (primary N) is 1. The van der Waals surface area contributed by atoms with Gasteiger partial charge in [0.1, 0.15) is 10.7 Å². The van der Waals surface area contributed by atoms with Crippen molar-refractivity contribution in [2.24, 2.45) is 5.73 Å². The largest absolute Gasteiger partial charge is 0.329 e. The Labute approximate surface area is 170 Å². The van der Waals surface area contributed by atoms with E-state index >= 15 is 0 Å². The average Bonchev–Trinajstić information content (AvgIpc) is 3.44. The maximum atomic E-state index is 12.7. The fraction of sp³-hybridized carbons (Fsp3) is 0.211. The van der Waals surface area contributed by atoms with Gasteiger partial charge in [0.25, 0.3) is 5.91 Å². The molecule has 0 unspecified atom stereocenters. The number of urea groups is 1. The van der Waals surface area contributed by atoms with Crippen molar-refractivity contribution in [1.82, 2.24) is 9.88 Å². The van der Waals surface area contributed by atoms with Crippen molar-refractivity contribution in [2.75, 3.05) is 36.4 Å². The van der Waals surface area contributed by atoms with Crippen LogP contribution in [0.4, 0.5) is 16.2 Å². The molecule has 0 bridgehead atoms. The molecule has 4 rings (SSSR count). The molecule has 3 heterocycles. The summed E-state index contributed by atoms with van der Waals surface area (Å²) in [5.74, 6) is -0.294. The van der Waals surface area contributed by atoms with Crippen molar-refractivity contribution in [3.05, 3.63) is 52.9 Å². The molecule has 3 N–H and O–H groups in total. The lowest BCUT2D eigenvalue weighted by atomic mass is 10.2. The number of carbonyl (C=O) groups excluding carboxylic acids is 2. The number of hydrogen-bond acceptors (Lipinski definition) is 6. The van der Waals surface area contributed by atoms with Gasteiger partial charge in [-0.3, -0.25) is 9.69 Å². The molecule has 1 aliphatic rings. The molecule has 0 spiro atoms. The third kappa shape index (κ3) is 3.64. The van der Waals surface area contributed by atoms with Gasteiger partial charge in [0.05, 0.1) is 16.3 Å². The fourth-order valence-electron chi connectivity index (χ4n) is 3.06. The summed E-state index contributed by atoms with van der Waals surface area (Å²) in [7, 11) is 0. The second-order valence-corrected chi connectivity index (χ2v) is 8.00. The Balaban J connectivity index is 1.53. The fourth-order valence-corrected chi connectivity index (χ4v) is 4.68. The first-order valence-electron chi connectivity index (χ1n) is 8.83. The lowest BCUT2D eigenvalue weighted by molar-refractivity contribution is 0.102. The summed E-state index contributed by atoms with van der Waals surface area (Å²) in [4.78, 5) is 34.2. The van der Waals surface area contributed by atoms with Crippen LogP contribution in [0.15, 0.2) is 47.2 Å². The van der Waals surface area contributed by atoms with Gasteiger partial charge in [0.15, 0.2) is 0 Å². The number of thiazole rings is 1. The van der Waals surface area contributed by atoms with Crippen LogP contribution in [0.2, 0.25) is 0 Å². The van der Waals surface area contributed by atoms with E-state index in [4.69, 9.17) is 5.73 Å². The highest BCUT2D eigenvalue weighted by Crippen LogP contribution is 2.31. The number of carbonyl (C=O) groups is 2. The van der Waals surface area contributed by atoms with E-state index in [9.17, 15) is 9.59 Å². The zero-order valence-electron chi connectivity index (χ0n) is 15.0. The highest BCUT2D eigenvalue weighted by molar-refractivity contribution is 7.20. The van der Waals surface area contributed by atoms with E-state index in [1.54, 1.807) is 32.6 Å². The number of nitrogens with one attached hydrogen (secondary N) is 1. The van der Waals surface area contributed by atoms with Crippen molar-refractivity contribution < 1.29 is 9.59 Å². The van der Waals surface area contributed by atoms with Gasteiger partial charge in [-0.25, -0.2) is 9.78 Å². The van der Waals surface area contributed by atoms with Crippen molar-refractivity contribution >= 4 is 46.0 Å². The molecular weight excluding hydrogens is 394 g/mol. The van der Waals surface area contributed by atoms with Gasteiger partial charge in [0.2, 0.25) is 0 Å². The van der Waals surface area contributed by atoms with Crippen LogP contribution < -0.4 is 16.0 Å². The highest BCUT2D eigenvalue weighted by atomic mass is 32.1. The number of nitrogens with zero attached hydrogens (tertiary/aromatic N) is 3. The summed E-state index contributed by atoms with van der Waals surface area (Å²) in [6.45, 7) is 2.13. The standard InChI is InChI=1S/C19H19N5O2S2/c20-7-8-23-9-10-24(19(23)26)15-5-2-1-4-13(15)21-17(25)14-12-28-18(22-14)16-6-3-11-27-16/h1-6,11-12H,7-10,20H2,(H,21,25). The smallest absolute Gasteiger partial charge is 0.324 e. The molecule has 144 valence electrons. The summed E-state index contributed by atoms with van der Waals surface area (Å²) < 4.78 is 0. The van der Waals surface area contributed by atoms with Crippen LogP contribution in [0.5, 0.6) is 0 Å². The molecule has 2 aromatic heterocycles. The third-order valence-corrected chi connectivity index (χ3v) is 6.29. The average molecular weight is 414 g/mol. The number of thiophene rings is 1. The van der Waals surface area contributed by atoms with E-state index in [0.717, 1.165) is 9.88 Å². The SMILES string of the molecule is NCCN1CCN(c2ccccc2NC(=O)c2csc(-c3cccs3)n2)C1=O. The van der Waals surface area contributed by atoms with Crippen LogP contribution in [0.1, 0.15) is 10.5 Å². The van der Waals surface area contributed by atoms with Gasteiger partial charge in [-0.1, -0.05) is 18.2 Å². The van der Waals surface area contributed by atoms with E-state index in [-0.39, 0.29) is 11.9 Å². The van der Waals surface area contributed by atoms with Gasteiger partial charge in [0, 0.05) is 31.6 Å². The van der Waals surface area contributed by atoms with Crippen molar-refractivity contribution in [1.29, 1.82) is 0 Å². The molecule has 1 fully saturated rings. The van der Waals surface area contributed by atoms with Crippen molar-refractivity contribution in [2.45, 2.75) is 0 Å². The van der Waals surface area contributed by atoms with Gasteiger partial charge in [-0.15, -0.1) is 22.7 Å². The minimum absolute atomic E-state index is 0.0965. The first-order chi connectivity index (χ1) is 13.7. The molecule has 1 aliphatic heterocycles. The third-order valence-electron chi connectivity index (χ3n) is 4.41. The zero-order chi connectivity index (χ0) is 19.5. The summed E-state index contributed by atoms with van der Waals surface area (Å²) >= 11 is 3.02. The summed E-state index contributed by atoms with van der Waals surface area (Å²) in [6.07, 6.45) is 0. The van der Waals surface area contributed by atoms with Gasteiger partial charge >= 0.3 is 6.03 Å². The number of anilines is 2. The molecule has 1 saturated heterocycles. The van der Waals surface area contributed by atoms with E-state index < -0.39 is 0 Å². The zero-order valence-corrected chi connectivity index (χ0v) is 16.6. The van der Waals surface area contributed by atoms with Crippen LogP contribution >= 0.6 is 22.7 Å². The van der Waals surface area contributed by atoms with Crippen LogP contribution in [0, 0.1) is 0 Å². The molecule has 3 aromatic rings. The molecule has 0 aliphatic carbocycles. The Hall–Kier alpha value is -2.75. The molecular formula is C19H19N5O2S2. The van der Waals surface area contributed by atoms with Gasteiger partial charge in [-0.05, 0) is 23.6 Å². The highest BCUT2D eigenvalue weighted by Gasteiger charge is 2.30. The molecule has 0 atom stereocenters. The second kappa shape index (κ2) is 8.09. The maximum absolute atomic E-state index is 12.7. The molecule has 0 radical (unpaired) electrons. The number of amides is 3. The van der Waals surface area contributed by atoms with Crippen LogP contribution in [-0.2, 0) is 0 Å². The minimum atomic E-state index is -0.294. The molecule has 7 nitrogen and oxygen atoms in total. The number of aromatic nitrogens is 1.